The number of benzene rings is 1. The van der Waals surface area contributed by atoms with E-state index in [4.69, 9.17) is 22.1 Å². The van der Waals surface area contributed by atoms with Crippen molar-refractivity contribution in [3.8, 4) is 0 Å². The zero-order chi connectivity index (χ0) is 12.3. The van der Waals surface area contributed by atoms with E-state index in [2.05, 4.69) is 0 Å². The fourth-order valence-corrected chi connectivity index (χ4v) is 1.49. The highest BCUT2D eigenvalue weighted by atomic mass is 35.5. The Bertz CT molecular complexity index is 363. The summed E-state index contributed by atoms with van der Waals surface area (Å²) in [5.41, 5.74) is 6.20. The fraction of sp³-hybridized carbons (Fsp3) is 0.500. The maximum atomic E-state index is 13.0. The van der Waals surface area contributed by atoms with Crippen LogP contribution in [-0.2, 0) is 4.74 Å². The van der Waals surface area contributed by atoms with Gasteiger partial charge >= 0.3 is 0 Å². The molecule has 2 N–H and O–H groups in total. The highest BCUT2D eigenvalue weighted by molar-refractivity contribution is 6.31. The Labute approximate surface area is 101 Å². The third kappa shape index (κ3) is 4.08. The first-order chi connectivity index (χ1) is 7.29. The van der Waals surface area contributed by atoms with Gasteiger partial charge in [0.05, 0.1) is 18.2 Å². The third-order valence-corrected chi connectivity index (χ3v) is 2.40. The minimum Gasteiger partial charge on any atom is -0.374 e. The van der Waals surface area contributed by atoms with Crippen molar-refractivity contribution >= 4 is 11.6 Å². The van der Waals surface area contributed by atoms with Crippen molar-refractivity contribution in [2.45, 2.75) is 32.4 Å². The monoisotopic (exact) mass is 245 g/mol. The second-order valence-electron chi connectivity index (χ2n) is 4.70. The largest absolute Gasteiger partial charge is 0.374 e. The molecule has 16 heavy (non-hydrogen) atoms. The highest BCUT2D eigenvalue weighted by Crippen LogP contribution is 2.23. The lowest BCUT2D eigenvalue weighted by molar-refractivity contribution is -0.0102. The van der Waals surface area contributed by atoms with Gasteiger partial charge in [-0.2, -0.15) is 0 Å². The van der Waals surface area contributed by atoms with Crippen molar-refractivity contribution in [1.82, 2.24) is 0 Å². The van der Waals surface area contributed by atoms with Gasteiger partial charge in [0.2, 0.25) is 0 Å². The molecule has 0 saturated carbocycles. The Hall–Kier alpha value is -0.640. The van der Waals surface area contributed by atoms with Crippen LogP contribution in [0.5, 0.6) is 0 Å². The molecule has 1 aromatic rings. The lowest BCUT2D eigenvalue weighted by Crippen LogP contribution is -2.26. The van der Waals surface area contributed by atoms with E-state index in [1.54, 1.807) is 0 Å². The Morgan fingerprint density at radius 3 is 2.62 bits per heavy atom. The molecule has 1 atom stereocenters. The van der Waals surface area contributed by atoms with Gasteiger partial charge in [0.25, 0.3) is 0 Å². The van der Waals surface area contributed by atoms with Gasteiger partial charge in [0.1, 0.15) is 5.82 Å². The van der Waals surface area contributed by atoms with Crippen molar-refractivity contribution in [2.24, 2.45) is 5.73 Å². The van der Waals surface area contributed by atoms with Crippen molar-refractivity contribution in [3.63, 3.8) is 0 Å². The van der Waals surface area contributed by atoms with Crippen LogP contribution < -0.4 is 5.73 Å². The lowest BCUT2D eigenvalue weighted by Gasteiger charge is -2.23. The molecule has 1 unspecified atom stereocenters. The quantitative estimate of drug-likeness (QED) is 0.887. The first-order valence-electron chi connectivity index (χ1n) is 5.14. The molecule has 0 bridgehead atoms. The second kappa shape index (κ2) is 5.13. The zero-order valence-electron chi connectivity index (χ0n) is 9.76. The maximum absolute atomic E-state index is 13.0. The van der Waals surface area contributed by atoms with Crippen LogP contribution in [0.2, 0.25) is 5.02 Å². The van der Waals surface area contributed by atoms with Crippen LogP contribution in [0.25, 0.3) is 0 Å². The average Bonchev–Trinajstić information content (AvgIpc) is 2.17. The Balaban J connectivity index is 2.73. The average molecular weight is 246 g/mol. The van der Waals surface area contributed by atoms with E-state index in [0.717, 1.165) is 0 Å². The summed E-state index contributed by atoms with van der Waals surface area (Å²) in [6.07, 6.45) is 0. The Kier molecular flexibility index (Phi) is 4.30. The second-order valence-corrected chi connectivity index (χ2v) is 5.10. The number of rotatable bonds is 3. The molecule has 1 rings (SSSR count). The summed E-state index contributed by atoms with van der Waals surface area (Å²) in [4.78, 5) is 0. The molecule has 0 aliphatic carbocycles. The van der Waals surface area contributed by atoms with Gasteiger partial charge < -0.3 is 10.5 Å². The molecular weight excluding hydrogens is 229 g/mol. The topological polar surface area (TPSA) is 35.2 Å². The molecule has 90 valence electrons. The van der Waals surface area contributed by atoms with Gasteiger partial charge in [-0.1, -0.05) is 11.6 Å². The molecule has 0 aromatic heterocycles. The van der Waals surface area contributed by atoms with Gasteiger partial charge in [0, 0.05) is 5.02 Å². The molecule has 0 aliphatic rings. The predicted octanol–water partition coefficient (Wildman–Crippen LogP) is 3.29. The maximum Gasteiger partial charge on any atom is 0.123 e. The van der Waals surface area contributed by atoms with Crippen LogP contribution in [0, 0.1) is 5.82 Å². The van der Waals surface area contributed by atoms with Crippen LogP contribution in [0.15, 0.2) is 18.2 Å². The molecule has 1 aromatic carbocycles. The summed E-state index contributed by atoms with van der Waals surface area (Å²) in [5, 5.41) is 0.464. The summed E-state index contributed by atoms with van der Waals surface area (Å²) in [5.74, 6) is -0.342. The van der Waals surface area contributed by atoms with E-state index in [1.165, 1.54) is 18.2 Å². The Morgan fingerprint density at radius 2 is 2.06 bits per heavy atom. The van der Waals surface area contributed by atoms with E-state index in [-0.39, 0.29) is 11.4 Å². The van der Waals surface area contributed by atoms with Gasteiger partial charge in [-0.25, -0.2) is 4.39 Å². The van der Waals surface area contributed by atoms with Crippen molar-refractivity contribution in [1.29, 1.82) is 0 Å². The molecule has 0 fully saturated rings. The summed E-state index contributed by atoms with van der Waals surface area (Å²) >= 11 is 5.94. The number of halogens is 2. The number of hydrogen-bond acceptors (Lipinski definition) is 2. The van der Waals surface area contributed by atoms with Crippen molar-refractivity contribution < 1.29 is 9.13 Å². The van der Waals surface area contributed by atoms with E-state index in [9.17, 15) is 4.39 Å². The number of ether oxygens (including phenoxy) is 1. The van der Waals surface area contributed by atoms with Crippen LogP contribution in [0.3, 0.4) is 0 Å². The van der Waals surface area contributed by atoms with Crippen LogP contribution in [0.4, 0.5) is 4.39 Å². The zero-order valence-corrected chi connectivity index (χ0v) is 10.5. The molecule has 0 spiro atoms. The first kappa shape index (κ1) is 13.4. The number of hydrogen-bond donors (Lipinski definition) is 1. The highest BCUT2D eigenvalue weighted by Gasteiger charge is 2.16. The van der Waals surface area contributed by atoms with Gasteiger partial charge in [-0.15, -0.1) is 0 Å². The van der Waals surface area contributed by atoms with E-state index >= 15 is 0 Å². The summed E-state index contributed by atoms with van der Waals surface area (Å²) in [6.45, 7) is 6.12. The van der Waals surface area contributed by atoms with Crippen LogP contribution in [-0.4, -0.2) is 12.2 Å². The van der Waals surface area contributed by atoms with Crippen molar-refractivity contribution in [3.05, 3.63) is 34.6 Å². The summed E-state index contributed by atoms with van der Waals surface area (Å²) in [7, 11) is 0. The molecular formula is C12H17ClFNO. The van der Waals surface area contributed by atoms with E-state index in [0.29, 0.717) is 17.2 Å². The van der Waals surface area contributed by atoms with Crippen molar-refractivity contribution in [2.75, 3.05) is 6.61 Å². The van der Waals surface area contributed by atoms with Crippen LogP contribution in [0.1, 0.15) is 32.4 Å². The molecule has 0 heterocycles. The predicted molar refractivity (Wildman–Crippen MR) is 64.0 cm³/mol. The van der Waals surface area contributed by atoms with Gasteiger partial charge in [-0.3, -0.25) is 0 Å². The molecule has 4 heteroatoms. The minimum atomic E-state index is -0.414. The summed E-state index contributed by atoms with van der Waals surface area (Å²) in [6, 6.07) is 3.74. The molecule has 2 nitrogen and oxygen atoms in total. The molecule has 0 radical (unpaired) electrons. The summed E-state index contributed by atoms with van der Waals surface area (Å²) < 4.78 is 18.6. The smallest absolute Gasteiger partial charge is 0.123 e. The van der Waals surface area contributed by atoms with E-state index < -0.39 is 6.04 Å². The fourth-order valence-electron chi connectivity index (χ4n) is 1.23. The Morgan fingerprint density at radius 1 is 1.44 bits per heavy atom. The van der Waals surface area contributed by atoms with Gasteiger partial charge in [-0.05, 0) is 44.5 Å². The van der Waals surface area contributed by atoms with Crippen LogP contribution >= 0.6 is 11.6 Å². The third-order valence-electron chi connectivity index (χ3n) is 2.05. The van der Waals surface area contributed by atoms with Gasteiger partial charge in [0.15, 0.2) is 0 Å². The standard InChI is InChI=1S/C12H17ClFNO/c1-12(2,3)16-7-11(15)9-6-8(14)4-5-10(9)13/h4-6,11H,7,15H2,1-3H3. The normalized spacial score (nSPS) is 13.9. The minimum absolute atomic E-state index is 0.266. The molecule has 0 saturated heterocycles. The molecule has 0 aliphatic heterocycles. The lowest BCUT2D eigenvalue weighted by atomic mass is 10.1. The number of nitrogens with two attached hydrogens (primary N) is 1. The SMILES string of the molecule is CC(C)(C)OCC(N)c1cc(F)ccc1Cl. The van der Waals surface area contributed by atoms with E-state index in [1.807, 2.05) is 20.8 Å². The molecule has 0 amide bonds. The first-order valence-corrected chi connectivity index (χ1v) is 5.52.